The molecule has 0 aliphatic heterocycles. The van der Waals surface area contributed by atoms with Crippen LogP contribution in [0.2, 0.25) is 0 Å². The summed E-state index contributed by atoms with van der Waals surface area (Å²) in [6, 6.07) is 7.01. The highest BCUT2D eigenvalue weighted by Crippen LogP contribution is 2.14. The Balaban J connectivity index is 2.42. The molecule has 0 heterocycles. The van der Waals surface area contributed by atoms with Crippen molar-refractivity contribution in [3.8, 4) is 0 Å². The maximum Gasteiger partial charge on any atom is 0.234 e. The lowest BCUT2D eigenvalue weighted by Gasteiger charge is -2.07. The standard InChI is InChI=1S/C14H18N2O2S/c1-10(2)8-19-9-14(18)16-13-6-4-12(5-7-13)15-11(3)17/h4-7H,1,8-9H2,2-3H3,(H,15,17)(H,16,18). The monoisotopic (exact) mass is 278 g/mol. The fraction of sp³-hybridized carbons (Fsp3) is 0.286. The second kappa shape index (κ2) is 7.63. The van der Waals surface area contributed by atoms with E-state index in [1.807, 2.05) is 6.92 Å². The van der Waals surface area contributed by atoms with Crippen LogP contribution in [0.15, 0.2) is 36.4 Å². The third-order valence-corrected chi connectivity index (χ3v) is 3.23. The molecule has 0 saturated heterocycles. The van der Waals surface area contributed by atoms with E-state index in [1.165, 1.54) is 18.7 Å². The van der Waals surface area contributed by atoms with Crippen LogP contribution < -0.4 is 10.6 Å². The highest BCUT2D eigenvalue weighted by molar-refractivity contribution is 8.00. The summed E-state index contributed by atoms with van der Waals surface area (Å²) in [5.74, 6) is 1.03. The molecule has 0 radical (unpaired) electrons. The predicted octanol–water partition coefficient (Wildman–Crippen LogP) is 2.89. The van der Waals surface area contributed by atoms with Gasteiger partial charge in [0.05, 0.1) is 5.75 Å². The fourth-order valence-electron chi connectivity index (χ4n) is 1.36. The van der Waals surface area contributed by atoms with E-state index in [1.54, 1.807) is 24.3 Å². The molecule has 0 aromatic heterocycles. The van der Waals surface area contributed by atoms with Crippen LogP contribution in [0.5, 0.6) is 0 Å². The van der Waals surface area contributed by atoms with Crippen molar-refractivity contribution in [3.63, 3.8) is 0 Å². The Morgan fingerprint density at radius 3 is 2.05 bits per heavy atom. The minimum absolute atomic E-state index is 0.0430. The van der Waals surface area contributed by atoms with Crippen LogP contribution in [0, 0.1) is 0 Å². The van der Waals surface area contributed by atoms with Gasteiger partial charge in [-0.15, -0.1) is 11.8 Å². The molecule has 102 valence electrons. The summed E-state index contributed by atoms with van der Waals surface area (Å²) in [7, 11) is 0. The molecule has 5 heteroatoms. The zero-order valence-electron chi connectivity index (χ0n) is 11.2. The first kappa shape index (κ1) is 15.3. The van der Waals surface area contributed by atoms with Gasteiger partial charge in [-0.1, -0.05) is 12.2 Å². The number of hydrogen-bond donors (Lipinski definition) is 2. The molecule has 0 spiro atoms. The van der Waals surface area contributed by atoms with Gasteiger partial charge in [-0.05, 0) is 31.2 Å². The molecule has 2 amide bonds. The molecule has 1 aromatic carbocycles. The SMILES string of the molecule is C=C(C)CSCC(=O)Nc1ccc(NC(C)=O)cc1. The Bertz CT molecular complexity index is 469. The van der Waals surface area contributed by atoms with Crippen molar-refractivity contribution in [3.05, 3.63) is 36.4 Å². The molecule has 0 aliphatic rings. The summed E-state index contributed by atoms with van der Waals surface area (Å²) < 4.78 is 0. The lowest BCUT2D eigenvalue weighted by Crippen LogP contribution is -2.14. The lowest BCUT2D eigenvalue weighted by molar-refractivity contribution is -0.114. The summed E-state index contributed by atoms with van der Waals surface area (Å²) in [5.41, 5.74) is 2.48. The number of rotatable bonds is 6. The van der Waals surface area contributed by atoms with E-state index in [0.717, 1.165) is 17.0 Å². The zero-order valence-corrected chi connectivity index (χ0v) is 12.0. The predicted molar refractivity (Wildman–Crippen MR) is 81.5 cm³/mol. The molecule has 4 nitrogen and oxygen atoms in total. The molecule has 0 saturated carbocycles. The van der Waals surface area contributed by atoms with E-state index < -0.39 is 0 Å². The number of nitrogens with one attached hydrogen (secondary N) is 2. The Kier molecular flexibility index (Phi) is 6.15. The van der Waals surface area contributed by atoms with Gasteiger partial charge in [0.25, 0.3) is 0 Å². The number of hydrogen-bond acceptors (Lipinski definition) is 3. The Labute approximate surface area is 117 Å². The van der Waals surface area contributed by atoms with Crippen LogP contribution in [0.25, 0.3) is 0 Å². The third-order valence-electron chi connectivity index (χ3n) is 2.07. The van der Waals surface area contributed by atoms with Crippen molar-refractivity contribution in [2.45, 2.75) is 13.8 Å². The van der Waals surface area contributed by atoms with E-state index in [2.05, 4.69) is 17.2 Å². The first-order valence-electron chi connectivity index (χ1n) is 5.87. The topological polar surface area (TPSA) is 58.2 Å². The quantitative estimate of drug-likeness (QED) is 0.787. The second-order valence-corrected chi connectivity index (χ2v) is 5.24. The van der Waals surface area contributed by atoms with Crippen molar-refractivity contribution in [2.24, 2.45) is 0 Å². The Morgan fingerprint density at radius 2 is 1.58 bits per heavy atom. The highest BCUT2D eigenvalue weighted by Gasteiger charge is 2.03. The number of anilines is 2. The molecule has 0 bridgehead atoms. The van der Waals surface area contributed by atoms with Crippen LogP contribution in [0.4, 0.5) is 11.4 Å². The summed E-state index contributed by atoms with van der Waals surface area (Å²) in [4.78, 5) is 22.5. The molecule has 19 heavy (non-hydrogen) atoms. The third kappa shape index (κ3) is 6.67. The summed E-state index contributed by atoms with van der Waals surface area (Å²) >= 11 is 1.53. The molecular weight excluding hydrogens is 260 g/mol. The van der Waals surface area contributed by atoms with Crippen LogP contribution in [0.3, 0.4) is 0 Å². The van der Waals surface area contributed by atoms with Gasteiger partial charge in [-0.25, -0.2) is 0 Å². The first-order valence-corrected chi connectivity index (χ1v) is 7.02. The second-order valence-electron chi connectivity index (χ2n) is 4.26. The molecule has 0 atom stereocenters. The molecule has 0 fully saturated rings. The fourth-order valence-corrected chi connectivity index (χ4v) is 2.06. The van der Waals surface area contributed by atoms with Crippen LogP contribution in [-0.4, -0.2) is 23.3 Å². The molecule has 1 rings (SSSR count). The van der Waals surface area contributed by atoms with E-state index >= 15 is 0 Å². The molecule has 0 unspecified atom stereocenters. The van der Waals surface area contributed by atoms with E-state index in [9.17, 15) is 9.59 Å². The van der Waals surface area contributed by atoms with Crippen LogP contribution in [0.1, 0.15) is 13.8 Å². The van der Waals surface area contributed by atoms with E-state index in [0.29, 0.717) is 11.4 Å². The number of thioether (sulfide) groups is 1. The Morgan fingerprint density at radius 1 is 1.05 bits per heavy atom. The van der Waals surface area contributed by atoms with Crippen LogP contribution >= 0.6 is 11.8 Å². The van der Waals surface area contributed by atoms with Crippen LogP contribution in [-0.2, 0) is 9.59 Å². The first-order chi connectivity index (χ1) is 8.97. The molecular formula is C14H18N2O2S. The smallest absolute Gasteiger partial charge is 0.234 e. The van der Waals surface area contributed by atoms with Crippen molar-refractivity contribution in [1.29, 1.82) is 0 Å². The van der Waals surface area contributed by atoms with Crippen molar-refractivity contribution < 1.29 is 9.59 Å². The Hall–Kier alpha value is -1.75. The summed E-state index contributed by atoms with van der Waals surface area (Å²) in [5, 5.41) is 5.46. The van der Waals surface area contributed by atoms with Gasteiger partial charge >= 0.3 is 0 Å². The average molecular weight is 278 g/mol. The van der Waals surface area contributed by atoms with Crippen molar-refractivity contribution in [1.82, 2.24) is 0 Å². The zero-order chi connectivity index (χ0) is 14.3. The van der Waals surface area contributed by atoms with Gasteiger partial charge in [-0.3, -0.25) is 9.59 Å². The lowest BCUT2D eigenvalue weighted by atomic mass is 10.3. The normalized spacial score (nSPS) is 9.79. The summed E-state index contributed by atoms with van der Waals surface area (Å²) in [6.07, 6.45) is 0. The number of carbonyl (C=O) groups is 2. The molecule has 2 N–H and O–H groups in total. The number of benzene rings is 1. The maximum atomic E-state index is 11.6. The summed E-state index contributed by atoms with van der Waals surface area (Å²) in [6.45, 7) is 7.17. The minimum atomic E-state index is -0.118. The van der Waals surface area contributed by atoms with Crippen molar-refractivity contribution in [2.75, 3.05) is 22.1 Å². The largest absolute Gasteiger partial charge is 0.326 e. The van der Waals surface area contributed by atoms with Gasteiger partial charge in [0.1, 0.15) is 0 Å². The van der Waals surface area contributed by atoms with Crippen molar-refractivity contribution >= 4 is 35.0 Å². The van der Waals surface area contributed by atoms with Gasteiger partial charge < -0.3 is 10.6 Å². The highest BCUT2D eigenvalue weighted by atomic mass is 32.2. The van der Waals surface area contributed by atoms with Gasteiger partial charge in [0.15, 0.2) is 0 Å². The van der Waals surface area contributed by atoms with E-state index in [-0.39, 0.29) is 11.8 Å². The minimum Gasteiger partial charge on any atom is -0.326 e. The number of amides is 2. The van der Waals surface area contributed by atoms with Gasteiger partial charge in [0, 0.05) is 24.1 Å². The van der Waals surface area contributed by atoms with Gasteiger partial charge in [-0.2, -0.15) is 0 Å². The number of carbonyl (C=O) groups excluding carboxylic acids is 2. The average Bonchev–Trinajstić information content (AvgIpc) is 2.30. The molecule has 0 aliphatic carbocycles. The van der Waals surface area contributed by atoms with Gasteiger partial charge in [0.2, 0.25) is 11.8 Å². The maximum absolute atomic E-state index is 11.6. The molecule has 1 aromatic rings. The van der Waals surface area contributed by atoms with E-state index in [4.69, 9.17) is 0 Å².